The lowest BCUT2D eigenvalue weighted by Gasteiger charge is -2.26. The van der Waals surface area contributed by atoms with Crippen molar-refractivity contribution in [2.45, 2.75) is 58.8 Å². The molecule has 2 heteroatoms. The maximum absolute atomic E-state index is 10.8. The van der Waals surface area contributed by atoms with Gasteiger partial charge in [0, 0.05) is 0 Å². The second-order valence-electron chi connectivity index (χ2n) is 5.38. The largest absolute Gasteiger partial charge is 0.481 e. The van der Waals surface area contributed by atoms with Gasteiger partial charge in [0.15, 0.2) is 0 Å². The van der Waals surface area contributed by atoms with Crippen molar-refractivity contribution in [3.63, 3.8) is 0 Å². The van der Waals surface area contributed by atoms with Crippen LogP contribution in [0.2, 0.25) is 0 Å². The Hall–Kier alpha value is -0.530. The van der Waals surface area contributed by atoms with Gasteiger partial charge in [-0.3, -0.25) is 4.79 Å². The van der Waals surface area contributed by atoms with Gasteiger partial charge in [0.2, 0.25) is 0 Å². The molecule has 1 saturated carbocycles. The highest BCUT2D eigenvalue weighted by Crippen LogP contribution is 2.32. The number of carboxylic acids is 1. The van der Waals surface area contributed by atoms with E-state index in [9.17, 15) is 4.79 Å². The van der Waals surface area contributed by atoms with Crippen LogP contribution in [0.5, 0.6) is 0 Å². The van der Waals surface area contributed by atoms with Crippen molar-refractivity contribution < 1.29 is 9.90 Å². The van der Waals surface area contributed by atoms with E-state index in [1.807, 2.05) is 0 Å². The van der Waals surface area contributed by atoms with Gasteiger partial charge in [0.05, 0.1) is 5.92 Å². The molecule has 88 valence electrons. The molecule has 0 aromatic heterocycles. The lowest BCUT2D eigenvalue weighted by Crippen LogP contribution is -2.21. The minimum atomic E-state index is -0.587. The van der Waals surface area contributed by atoms with E-state index in [4.69, 9.17) is 5.11 Å². The van der Waals surface area contributed by atoms with Gasteiger partial charge in [-0.1, -0.05) is 33.1 Å². The number of hydrogen-bond donors (Lipinski definition) is 1. The summed E-state index contributed by atoms with van der Waals surface area (Å²) < 4.78 is 0. The molecule has 0 aliphatic heterocycles. The maximum atomic E-state index is 10.8. The van der Waals surface area contributed by atoms with E-state index in [-0.39, 0.29) is 5.92 Å². The Morgan fingerprint density at radius 3 is 2.33 bits per heavy atom. The molecule has 0 heterocycles. The zero-order valence-electron chi connectivity index (χ0n) is 10.0. The quantitative estimate of drug-likeness (QED) is 0.754. The number of aliphatic carboxylic acids is 1. The van der Waals surface area contributed by atoms with Gasteiger partial charge in [0.25, 0.3) is 0 Å². The highest BCUT2D eigenvalue weighted by molar-refractivity contribution is 5.69. The Morgan fingerprint density at radius 2 is 1.87 bits per heavy atom. The van der Waals surface area contributed by atoms with Crippen molar-refractivity contribution in [3.05, 3.63) is 0 Å². The summed E-state index contributed by atoms with van der Waals surface area (Å²) in [5, 5.41) is 8.87. The molecule has 0 amide bonds. The van der Waals surface area contributed by atoms with Gasteiger partial charge < -0.3 is 5.11 Å². The molecule has 1 N–H and O–H groups in total. The molecule has 15 heavy (non-hydrogen) atoms. The van der Waals surface area contributed by atoms with Gasteiger partial charge in [-0.05, 0) is 37.5 Å². The fourth-order valence-corrected chi connectivity index (χ4v) is 2.51. The van der Waals surface area contributed by atoms with Crippen molar-refractivity contribution in [1.29, 1.82) is 0 Å². The molecule has 0 saturated heterocycles. The van der Waals surface area contributed by atoms with Crippen LogP contribution in [0, 0.1) is 17.8 Å². The van der Waals surface area contributed by atoms with Crippen LogP contribution in [0.4, 0.5) is 0 Å². The maximum Gasteiger partial charge on any atom is 0.306 e. The summed E-state index contributed by atoms with van der Waals surface area (Å²) in [6.45, 7) is 4.53. The molecular formula is C13H24O2. The molecule has 1 fully saturated rings. The Morgan fingerprint density at radius 1 is 1.27 bits per heavy atom. The van der Waals surface area contributed by atoms with Crippen LogP contribution in [0.25, 0.3) is 0 Å². The SMILES string of the molecule is CC(C)CCCC1CCC(C(=O)O)CC1. The minimum absolute atomic E-state index is 0.0497. The fourth-order valence-electron chi connectivity index (χ4n) is 2.51. The molecule has 1 aliphatic rings. The van der Waals surface area contributed by atoms with E-state index in [0.29, 0.717) is 0 Å². The number of hydrogen-bond acceptors (Lipinski definition) is 1. The van der Waals surface area contributed by atoms with Gasteiger partial charge in [0.1, 0.15) is 0 Å². The summed E-state index contributed by atoms with van der Waals surface area (Å²) in [6, 6.07) is 0. The van der Waals surface area contributed by atoms with E-state index >= 15 is 0 Å². The lowest BCUT2D eigenvalue weighted by molar-refractivity contribution is -0.143. The molecule has 0 aromatic rings. The molecule has 0 spiro atoms. The van der Waals surface area contributed by atoms with Crippen molar-refractivity contribution >= 4 is 5.97 Å². The minimum Gasteiger partial charge on any atom is -0.481 e. The van der Waals surface area contributed by atoms with Crippen molar-refractivity contribution in [3.8, 4) is 0 Å². The molecule has 0 aromatic carbocycles. The third-order valence-electron chi connectivity index (χ3n) is 3.59. The van der Waals surface area contributed by atoms with Crippen molar-refractivity contribution in [1.82, 2.24) is 0 Å². The van der Waals surface area contributed by atoms with Crippen LogP contribution in [-0.2, 0) is 4.79 Å². The molecule has 0 atom stereocenters. The van der Waals surface area contributed by atoms with E-state index in [1.54, 1.807) is 0 Å². The molecule has 1 rings (SSSR count). The van der Waals surface area contributed by atoms with Crippen LogP contribution in [0.15, 0.2) is 0 Å². The summed E-state index contributed by atoms with van der Waals surface area (Å²) >= 11 is 0. The third-order valence-corrected chi connectivity index (χ3v) is 3.59. The first-order valence-corrected chi connectivity index (χ1v) is 6.32. The monoisotopic (exact) mass is 212 g/mol. The zero-order chi connectivity index (χ0) is 11.3. The number of carboxylic acid groups (broad SMARTS) is 1. The summed E-state index contributed by atoms with van der Waals surface area (Å²) in [5.41, 5.74) is 0. The van der Waals surface area contributed by atoms with Crippen LogP contribution < -0.4 is 0 Å². The predicted octanol–water partition coefficient (Wildman–Crippen LogP) is 3.70. The van der Waals surface area contributed by atoms with Gasteiger partial charge in [-0.15, -0.1) is 0 Å². The highest BCUT2D eigenvalue weighted by Gasteiger charge is 2.25. The standard InChI is InChI=1S/C13H24O2/c1-10(2)4-3-5-11-6-8-12(9-7-11)13(14)15/h10-12H,3-9H2,1-2H3,(H,14,15). The average molecular weight is 212 g/mol. The number of rotatable bonds is 5. The van der Waals surface area contributed by atoms with E-state index in [0.717, 1.165) is 37.5 Å². The Balaban J connectivity index is 2.12. The number of carbonyl (C=O) groups is 1. The van der Waals surface area contributed by atoms with Crippen LogP contribution >= 0.6 is 0 Å². The van der Waals surface area contributed by atoms with E-state index in [1.165, 1.54) is 19.3 Å². The lowest BCUT2D eigenvalue weighted by atomic mass is 9.79. The third kappa shape index (κ3) is 4.67. The molecular weight excluding hydrogens is 188 g/mol. The Kier molecular flexibility index (Phi) is 5.13. The average Bonchev–Trinajstić information content (AvgIpc) is 2.18. The zero-order valence-corrected chi connectivity index (χ0v) is 10.0. The molecule has 2 nitrogen and oxygen atoms in total. The van der Waals surface area contributed by atoms with Gasteiger partial charge in [-0.25, -0.2) is 0 Å². The Bertz CT molecular complexity index is 191. The van der Waals surface area contributed by atoms with Crippen LogP contribution in [0.3, 0.4) is 0 Å². The van der Waals surface area contributed by atoms with Crippen molar-refractivity contribution in [2.24, 2.45) is 17.8 Å². The highest BCUT2D eigenvalue weighted by atomic mass is 16.4. The molecule has 0 unspecified atom stereocenters. The first kappa shape index (κ1) is 12.5. The van der Waals surface area contributed by atoms with Crippen LogP contribution in [0.1, 0.15) is 58.8 Å². The van der Waals surface area contributed by atoms with Crippen LogP contribution in [-0.4, -0.2) is 11.1 Å². The topological polar surface area (TPSA) is 37.3 Å². The molecule has 0 radical (unpaired) electrons. The van der Waals surface area contributed by atoms with Gasteiger partial charge in [-0.2, -0.15) is 0 Å². The summed E-state index contributed by atoms with van der Waals surface area (Å²) in [6.07, 6.45) is 8.02. The summed E-state index contributed by atoms with van der Waals surface area (Å²) in [4.78, 5) is 10.8. The normalized spacial score (nSPS) is 26.9. The Labute approximate surface area is 93.1 Å². The van der Waals surface area contributed by atoms with Gasteiger partial charge >= 0.3 is 5.97 Å². The fraction of sp³-hybridized carbons (Fsp3) is 0.923. The van der Waals surface area contributed by atoms with E-state index in [2.05, 4.69) is 13.8 Å². The summed E-state index contributed by atoms with van der Waals surface area (Å²) in [5.74, 6) is 0.974. The van der Waals surface area contributed by atoms with E-state index < -0.39 is 5.97 Å². The first-order valence-electron chi connectivity index (χ1n) is 6.32. The summed E-state index contributed by atoms with van der Waals surface area (Å²) in [7, 11) is 0. The molecule has 0 bridgehead atoms. The second kappa shape index (κ2) is 6.14. The smallest absolute Gasteiger partial charge is 0.306 e. The predicted molar refractivity (Wildman–Crippen MR) is 61.8 cm³/mol. The van der Waals surface area contributed by atoms with Crippen molar-refractivity contribution in [2.75, 3.05) is 0 Å². The first-order chi connectivity index (χ1) is 7.09. The molecule has 1 aliphatic carbocycles. The second-order valence-corrected chi connectivity index (χ2v) is 5.38.